The molecule has 1 unspecified atom stereocenters. The van der Waals surface area contributed by atoms with Gasteiger partial charge in [0.1, 0.15) is 11.6 Å². The number of H-pyrrole nitrogens is 1. The van der Waals surface area contributed by atoms with E-state index in [0.29, 0.717) is 5.95 Å². The van der Waals surface area contributed by atoms with Crippen LogP contribution in [0.25, 0.3) is 10.9 Å². The van der Waals surface area contributed by atoms with Crippen LogP contribution in [0.15, 0.2) is 72.4 Å². The molecule has 158 valence electrons. The Morgan fingerprint density at radius 3 is 3.06 bits per heavy atom. The van der Waals surface area contributed by atoms with Crippen molar-refractivity contribution in [1.82, 2.24) is 25.4 Å². The summed E-state index contributed by atoms with van der Waals surface area (Å²) in [5, 5.41) is 9.84. The maximum absolute atomic E-state index is 5.35. The van der Waals surface area contributed by atoms with Crippen LogP contribution in [-0.4, -0.2) is 46.7 Å². The third-order valence-corrected chi connectivity index (χ3v) is 5.43. The van der Waals surface area contributed by atoms with Gasteiger partial charge in [-0.25, -0.2) is 10.4 Å². The number of nitrogens with one attached hydrogen (secondary N) is 4. The number of aromatic nitrogens is 3. The van der Waals surface area contributed by atoms with Crippen molar-refractivity contribution in [3.8, 4) is 5.75 Å². The predicted octanol–water partition coefficient (Wildman–Crippen LogP) is 3.19. The number of aromatic amines is 1. The summed E-state index contributed by atoms with van der Waals surface area (Å²) >= 11 is 0. The second kappa shape index (κ2) is 8.16. The van der Waals surface area contributed by atoms with E-state index in [0.717, 1.165) is 35.7 Å². The quantitative estimate of drug-likeness (QED) is 0.471. The topological polar surface area (TPSA) is 90.1 Å². The van der Waals surface area contributed by atoms with Gasteiger partial charge in [0.15, 0.2) is 0 Å². The summed E-state index contributed by atoms with van der Waals surface area (Å²) in [6.45, 7) is 0.725. The molecule has 1 atom stereocenters. The molecule has 1 aliphatic heterocycles. The van der Waals surface area contributed by atoms with Crippen molar-refractivity contribution in [2.24, 2.45) is 0 Å². The first-order chi connectivity index (χ1) is 15.2. The molecule has 3 aromatic rings. The summed E-state index contributed by atoms with van der Waals surface area (Å²) in [7, 11) is 3.68. The fraction of sp³-hybridized carbons (Fsp3) is 0.217. The number of hydrogen-bond donors (Lipinski definition) is 4. The molecule has 0 amide bonds. The number of hydrazine groups is 1. The van der Waals surface area contributed by atoms with Crippen LogP contribution in [0.3, 0.4) is 0 Å². The molecule has 0 radical (unpaired) electrons. The minimum atomic E-state index is 0.187. The highest BCUT2D eigenvalue weighted by Gasteiger charge is 2.21. The standard InChI is InChI=1S/C23H25N7O/c1-30-14-16-3-4-17(11-21(16)29-30)27-22-8-10-25-23(28-22)24-9-7-15-13-26-20-6-5-18(31-2)12-19(15)20/h3-6,8,10-14,21,26,29H,7,9H2,1-2H3,(H2,24,25,27,28). The molecule has 8 heteroatoms. The SMILES string of the molecule is COc1ccc2[nH]cc(CCNc3nccc(NC4=CC5NN(C)C=C5C=C4)n3)c2c1. The second-order valence-electron chi connectivity index (χ2n) is 7.59. The maximum atomic E-state index is 5.35. The summed E-state index contributed by atoms with van der Waals surface area (Å²) in [6, 6.07) is 8.11. The van der Waals surface area contributed by atoms with Gasteiger partial charge < -0.3 is 25.4 Å². The Hall–Kier alpha value is -3.78. The minimum Gasteiger partial charge on any atom is -0.497 e. The van der Waals surface area contributed by atoms with Crippen LogP contribution in [0.1, 0.15) is 5.56 Å². The summed E-state index contributed by atoms with van der Waals surface area (Å²) in [6.07, 6.45) is 13.1. The Labute approximate surface area is 180 Å². The van der Waals surface area contributed by atoms with Crippen molar-refractivity contribution in [2.45, 2.75) is 12.5 Å². The summed E-state index contributed by atoms with van der Waals surface area (Å²) in [4.78, 5) is 12.3. The first-order valence-corrected chi connectivity index (χ1v) is 10.3. The predicted molar refractivity (Wildman–Crippen MR) is 123 cm³/mol. The summed E-state index contributed by atoms with van der Waals surface area (Å²) < 4.78 is 5.35. The highest BCUT2D eigenvalue weighted by atomic mass is 16.5. The molecule has 0 bridgehead atoms. The highest BCUT2D eigenvalue weighted by molar-refractivity contribution is 5.84. The van der Waals surface area contributed by atoms with Gasteiger partial charge in [0.05, 0.1) is 13.2 Å². The van der Waals surface area contributed by atoms with Crippen LogP contribution in [0.2, 0.25) is 0 Å². The number of ether oxygens (including phenoxy) is 1. The molecule has 0 spiro atoms. The molecule has 0 fully saturated rings. The van der Waals surface area contributed by atoms with Crippen LogP contribution in [0.5, 0.6) is 5.75 Å². The van der Waals surface area contributed by atoms with Gasteiger partial charge in [0.2, 0.25) is 5.95 Å². The van der Waals surface area contributed by atoms with E-state index < -0.39 is 0 Å². The molecule has 1 aromatic carbocycles. The monoisotopic (exact) mass is 415 g/mol. The van der Waals surface area contributed by atoms with Gasteiger partial charge >= 0.3 is 0 Å². The Kier molecular flexibility index (Phi) is 5.05. The fourth-order valence-electron chi connectivity index (χ4n) is 3.88. The summed E-state index contributed by atoms with van der Waals surface area (Å²) in [5.74, 6) is 2.21. The van der Waals surface area contributed by atoms with Crippen molar-refractivity contribution in [2.75, 3.05) is 31.3 Å². The molecular formula is C23H25N7O. The van der Waals surface area contributed by atoms with Crippen LogP contribution in [0, 0.1) is 0 Å². The number of fused-ring (bicyclic) bond motifs is 2. The highest BCUT2D eigenvalue weighted by Crippen LogP contribution is 2.24. The Morgan fingerprint density at radius 1 is 1.23 bits per heavy atom. The van der Waals surface area contributed by atoms with Gasteiger partial charge in [-0.1, -0.05) is 6.08 Å². The van der Waals surface area contributed by atoms with Gasteiger partial charge in [-0.2, -0.15) is 4.98 Å². The second-order valence-corrected chi connectivity index (χ2v) is 7.59. The molecule has 2 aromatic heterocycles. The van der Waals surface area contributed by atoms with E-state index in [1.807, 2.05) is 36.5 Å². The van der Waals surface area contributed by atoms with Crippen molar-refractivity contribution in [1.29, 1.82) is 0 Å². The number of allylic oxidation sites excluding steroid dienone is 1. The largest absolute Gasteiger partial charge is 0.497 e. The molecule has 8 nitrogen and oxygen atoms in total. The van der Waals surface area contributed by atoms with E-state index >= 15 is 0 Å². The van der Waals surface area contributed by atoms with Gasteiger partial charge in [0, 0.05) is 48.8 Å². The van der Waals surface area contributed by atoms with Gasteiger partial charge in [-0.05, 0) is 54.0 Å². The van der Waals surface area contributed by atoms with Crippen molar-refractivity contribution < 1.29 is 4.74 Å². The summed E-state index contributed by atoms with van der Waals surface area (Å²) in [5.41, 5.74) is 7.94. The smallest absolute Gasteiger partial charge is 0.224 e. The minimum absolute atomic E-state index is 0.187. The molecule has 1 aliphatic carbocycles. The number of rotatable bonds is 7. The van der Waals surface area contributed by atoms with E-state index in [-0.39, 0.29) is 6.04 Å². The average molecular weight is 416 g/mol. The fourth-order valence-corrected chi connectivity index (χ4v) is 3.88. The van der Waals surface area contributed by atoms with E-state index in [9.17, 15) is 0 Å². The van der Waals surface area contributed by atoms with E-state index in [2.05, 4.69) is 61.5 Å². The molecule has 0 saturated heterocycles. The first kappa shape index (κ1) is 19.2. The lowest BCUT2D eigenvalue weighted by Crippen LogP contribution is -2.33. The Balaban J connectivity index is 1.21. The molecule has 2 aliphatic rings. The lowest BCUT2D eigenvalue weighted by molar-refractivity contribution is 0.349. The lowest BCUT2D eigenvalue weighted by Gasteiger charge is -2.17. The number of benzene rings is 1. The average Bonchev–Trinajstić information content (AvgIpc) is 3.35. The molecular weight excluding hydrogens is 390 g/mol. The van der Waals surface area contributed by atoms with E-state index in [1.165, 1.54) is 16.5 Å². The molecule has 0 saturated carbocycles. The number of anilines is 2. The number of methoxy groups -OCH3 is 1. The maximum Gasteiger partial charge on any atom is 0.224 e. The molecule has 4 N–H and O–H groups in total. The molecule has 31 heavy (non-hydrogen) atoms. The molecule has 3 heterocycles. The van der Waals surface area contributed by atoms with Crippen LogP contribution < -0.4 is 20.8 Å². The number of hydrogen-bond acceptors (Lipinski definition) is 7. The third kappa shape index (κ3) is 4.10. The zero-order chi connectivity index (χ0) is 21.2. The van der Waals surface area contributed by atoms with E-state index in [1.54, 1.807) is 13.3 Å². The Bertz CT molecular complexity index is 1190. The molecule has 5 rings (SSSR count). The van der Waals surface area contributed by atoms with E-state index in [4.69, 9.17) is 4.74 Å². The van der Waals surface area contributed by atoms with Crippen molar-refractivity contribution >= 4 is 22.7 Å². The van der Waals surface area contributed by atoms with Crippen LogP contribution >= 0.6 is 0 Å². The van der Waals surface area contributed by atoms with Crippen molar-refractivity contribution in [3.63, 3.8) is 0 Å². The third-order valence-electron chi connectivity index (χ3n) is 5.43. The lowest BCUT2D eigenvalue weighted by atomic mass is 10.0. The van der Waals surface area contributed by atoms with Crippen molar-refractivity contribution in [3.05, 3.63) is 77.9 Å². The normalized spacial score (nSPS) is 17.4. The zero-order valence-corrected chi connectivity index (χ0v) is 17.5. The Morgan fingerprint density at radius 2 is 2.16 bits per heavy atom. The number of nitrogens with zero attached hydrogens (tertiary/aromatic N) is 3. The van der Waals surface area contributed by atoms with Gasteiger partial charge in [0.25, 0.3) is 0 Å². The zero-order valence-electron chi connectivity index (χ0n) is 17.5. The van der Waals surface area contributed by atoms with Crippen LogP contribution in [0.4, 0.5) is 11.8 Å². The van der Waals surface area contributed by atoms with Gasteiger partial charge in [-0.3, -0.25) is 0 Å². The first-order valence-electron chi connectivity index (χ1n) is 10.3. The van der Waals surface area contributed by atoms with Gasteiger partial charge in [-0.15, -0.1) is 0 Å². The van der Waals surface area contributed by atoms with Crippen LogP contribution in [-0.2, 0) is 6.42 Å².